The highest BCUT2D eigenvalue weighted by molar-refractivity contribution is 9.10. The number of anilines is 1. The van der Waals surface area contributed by atoms with Gasteiger partial charge in [0.1, 0.15) is 11.6 Å². The molecule has 1 aromatic carbocycles. The van der Waals surface area contributed by atoms with Crippen LogP contribution >= 0.6 is 15.9 Å². The zero-order valence-corrected chi connectivity index (χ0v) is 9.31. The fourth-order valence-corrected chi connectivity index (χ4v) is 1.27. The quantitative estimate of drug-likeness (QED) is 0.907. The third kappa shape index (κ3) is 2.66. The van der Waals surface area contributed by atoms with Crippen molar-refractivity contribution in [2.24, 2.45) is 0 Å². The summed E-state index contributed by atoms with van der Waals surface area (Å²) in [4.78, 5) is 0. The fraction of sp³-hybridized carbons (Fsp3) is 0. The van der Waals surface area contributed by atoms with E-state index in [1.165, 1.54) is 0 Å². The Balaban J connectivity index is 2.15. The van der Waals surface area contributed by atoms with Crippen molar-refractivity contribution in [3.63, 3.8) is 0 Å². The van der Waals surface area contributed by atoms with Crippen LogP contribution in [0.4, 0.5) is 5.82 Å². The predicted molar refractivity (Wildman–Crippen MR) is 60.7 cm³/mol. The first-order valence-corrected chi connectivity index (χ1v) is 5.06. The maximum absolute atomic E-state index is 5.44. The summed E-state index contributed by atoms with van der Waals surface area (Å²) in [6.45, 7) is 0. The number of halogens is 1. The first kappa shape index (κ1) is 9.92. The van der Waals surface area contributed by atoms with E-state index in [-0.39, 0.29) is 0 Å². The summed E-state index contributed by atoms with van der Waals surface area (Å²) in [5, 5.41) is 7.47. The highest BCUT2D eigenvalue weighted by atomic mass is 79.9. The molecule has 0 aliphatic rings. The maximum atomic E-state index is 5.44. The van der Waals surface area contributed by atoms with E-state index in [0.717, 1.165) is 4.47 Å². The molecule has 2 rings (SSSR count). The van der Waals surface area contributed by atoms with E-state index in [9.17, 15) is 0 Å². The van der Waals surface area contributed by atoms with E-state index >= 15 is 0 Å². The number of nitrogen functional groups attached to an aromatic ring is 1. The molecule has 0 unspecified atom stereocenters. The number of nitrogens with two attached hydrogens (primary N) is 1. The van der Waals surface area contributed by atoms with Crippen molar-refractivity contribution in [2.45, 2.75) is 0 Å². The molecule has 2 aromatic rings. The van der Waals surface area contributed by atoms with E-state index in [4.69, 9.17) is 10.5 Å². The lowest BCUT2D eigenvalue weighted by molar-refractivity contribution is 0.455. The van der Waals surface area contributed by atoms with Gasteiger partial charge in [-0.2, -0.15) is 0 Å². The Labute approximate surface area is 95.2 Å². The minimum absolute atomic E-state index is 0.373. The summed E-state index contributed by atoms with van der Waals surface area (Å²) >= 11 is 3.34. The zero-order chi connectivity index (χ0) is 10.7. The predicted octanol–water partition coefficient (Wildman–Crippen LogP) is 2.61. The van der Waals surface area contributed by atoms with Gasteiger partial charge in [0.15, 0.2) is 0 Å². The molecule has 0 aliphatic heterocycles. The Morgan fingerprint density at radius 3 is 2.33 bits per heavy atom. The largest absolute Gasteiger partial charge is 0.438 e. The SMILES string of the molecule is Nc1ccc(Oc2ccc(Br)cc2)nn1. The number of hydrogen-bond acceptors (Lipinski definition) is 4. The minimum atomic E-state index is 0.373. The fourth-order valence-electron chi connectivity index (χ4n) is 1.01. The molecule has 0 aliphatic carbocycles. The molecule has 0 fully saturated rings. The molecule has 4 nitrogen and oxygen atoms in total. The molecule has 0 saturated heterocycles. The first-order valence-electron chi connectivity index (χ1n) is 4.27. The van der Waals surface area contributed by atoms with Crippen LogP contribution in [0, 0.1) is 0 Å². The van der Waals surface area contributed by atoms with Crippen molar-refractivity contribution in [1.29, 1.82) is 0 Å². The van der Waals surface area contributed by atoms with Crippen molar-refractivity contribution in [3.8, 4) is 11.6 Å². The van der Waals surface area contributed by atoms with Gasteiger partial charge in [0.05, 0.1) is 0 Å². The van der Waals surface area contributed by atoms with Crippen LogP contribution in [0.15, 0.2) is 40.9 Å². The number of nitrogens with zero attached hydrogens (tertiary/aromatic N) is 2. The number of benzene rings is 1. The summed E-state index contributed by atoms with van der Waals surface area (Å²) in [6, 6.07) is 10.8. The Hall–Kier alpha value is -1.62. The van der Waals surface area contributed by atoms with Crippen LogP contribution in [-0.2, 0) is 0 Å². The number of ether oxygens (including phenoxy) is 1. The van der Waals surface area contributed by atoms with E-state index in [1.54, 1.807) is 12.1 Å². The van der Waals surface area contributed by atoms with Gasteiger partial charge in [-0.3, -0.25) is 0 Å². The van der Waals surface area contributed by atoms with Crippen molar-refractivity contribution in [2.75, 3.05) is 5.73 Å². The van der Waals surface area contributed by atoms with Crippen molar-refractivity contribution >= 4 is 21.7 Å². The van der Waals surface area contributed by atoms with Crippen LogP contribution in [0.3, 0.4) is 0 Å². The second kappa shape index (κ2) is 4.27. The summed E-state index contributed by atoms with van der Waals surface area (Å²) in [5.41, 5.74) is 5.40. The van der Waals surface area contributed by atoms with Crippen LogP contribution in [0.1, 0.15) is 0 Å². The molecule has 0 bridgehead atoms. The first-order chi connectivity index (χ1) is 7.24. The van der Waals surface area contributed by atoms with Gasteiger partial charge in [-0.05, 0) is 30.3 Å². The van der Waals surface area contributed by atoms with Crippen molar-refractivity contribution < 1.29 is 4.74 Å². The van der Waals surface area contributed by atoms with E-state index in [2.05, 4.69) is 26.1 Å². The van der Waals surface area contributed by atoms with Crippen LogP contribution in [0.2, 0.25) is 0 Å². The Bertz CT molecular complexity index is 398. The van der Waals surface area contributed by atoms with E-state index in [0.29, 0.717) is 17.4 Å². The average molecular weight is 266 g/mol. The molecule has 76 valence electrons. The number of rotatable bonds is 2. The molecule has 1 aromatic heterocycles. The lowest BCUT2D eigenvalue weighted by Gasteiger charge is -2.03. The average Bonchev–Trinajstić information content (AvgIpc) is 2.25. The molecule has 2 N–H and O–H groups in total. The second-order valence-corrected chi connectivity index (χ2v) is 3.77. The van der Waals surface area contributed by atoms with Gasteiger partial charge in [-0.25, -0.2) is 0 Å². The number of aromatic nitrogens is 2. The highest BCUT2D eigenvalue weighted by Gasteiger charge is 1.98. The number of hydrogen-bond donors (Lipinski definition) is 1. The standard InChI is InChI=1S/C10H8BrN3O/c11-7-1-3-8(4-2-7)15-10-6-5-9(12)13-14-10/h1-6H,(H2,12,13). The molecule has 0 saturated carbocycles. The zero-order valence-electron chi connectivity index (χ0n) is 7.72. The Kier molecular flexibility index (Phi) is 2.82. The molecule has 0 amide bonds. The van der Waals surface area contributed by atoms with Gasteiger partial charge < -0.3 is 10.5 Å². The summed E-state index contributed by atoms with van der Waals surface area (Å²) in [5.74, 6) is 1.50. The minimum Gasteiger partial charge on any atom is -0.438 e. The van der Waals surface area contributed by atoms with Gasteiger partial charge in [0.2, 0.25) is 5.88 Å². The van der Waals surface area contributed by atoms with Crippen LogP contribution in [-0.4, -0.2) is 10.2 Å². The molecule has 0 radical (unpaired) electrons. The third-order valence-corrected chi connectivity index (χ3v) is 2.23. The summed E-state index contributed by atoms with van der Waals surface area (Å²) in [7, 11) is 0. The van der Waals surface area contributed by atoms with Gasteiger partial charge >= 0.3 is 0 Å². The van der Waals surface area contributed by atoms with Crippen molar-refractivity contribution in [1.82, 2.24) is 10.2 Å². The third-order valence-electron chi connectivity index (χ3n) is 1.70. The molecular weight excluding hydrogens is 258 g/mol. The lowest BCUT2D eigenvalue weighted by atomic mass is 10.3. The molecule has 15 heavy (non-hydrogen) atoms. The Morgan fingerprint density at radius 2 is 1.73 bits per heavy atom. The Morgan fingerprint density at radius 1 is 1.00 bits per heavy atom. The molecule has 0 spiro atoms. The monoisotopic (exact) mass is 265 g/mol. The van der Waals surface area contributed by atoms with Crippen LogP contribution in [0.25, 0.3) is 0 Å². The van der Waals surface area contributed by atoms with Crippen LogP contribution in [0.5, 0.6) is 11.6 Å². The van der Waals surface area contributed by atoms with Gasteiger partial charge in [-0.15, -0.1) is 10.2 Å². The van der Waals surface area contributed by atoms with Crippen molar-refractivity contribution in [3.05, 3.63) is 40.9 Å². The van der Waals surface area contributed by atoms with Gasteiger partial charge in [0.25, 0.3) is 0 Å². The van der Waals surface area contributed by atoms with Gasteiger partial charge in [0, 0.05) is 10.5 Å². The maximum Gasteiger partial charge on any atom is 0.238 e. The molecule has 0 atom stereocenters. The smallest absolute Gasteiger partial charge is 0.238 e. The normalized spacial score (nSPS) is 9.93. The van der Waals surface area contributed by atoms with Crippen LogP contribution < -0.4 is 10.5 Å². The molecule has 1 heterocycles. The summed E-state index contributed by atoms with van der Waals surface area (Å²) in [6.07, 6.45) is 0. The van der Waals surface area contributed by atoms with E-state index < -0.39 is 0 Å². The lowest BCUT2D eigenvalue weighted by Crippen LogP contribution is -1.94. The summed E-state index contributed by atoms with van der Waals surface area (Å²) < 4.78 is 6.44. The molecular formula is C10H8BrN3O. The van der Waals surface area contributed by atoms with E-state index in [1.807, 2.05) is 24.3 Å². The topological polar surface area (TPSA) is 61.0 Å². The highest BCUT2D eigenvalue weighted by Crippen LogP contribution is 2.21. The van der Waals surface area contributed by atoms with Gasteiger partial charge in [-0.1, -0.05) is 15.9 Å². The molecule has 5 heteroatoms. The second-order valence-electron chi connectivity index (χ2n) is 2.85.